The number of ether oxygens (including phenoxy) is 1. The van der Waals surface area contributed by atoms with E-state index in [-0.39, 0.29) is 17.1 Å². The Morgan fingerprint density at radius 1 is 0.933 bits per heavy atom. The highest BCUT2D eigenvalue weighted by Crippen LogP contribution is 2.29. The van der Waals surface area contributed by atoms with Crippen LogP contribution in [0.3, 0.4) is 0 Å². The molecule has 0 aliphatic carbocycles. The molecule has 1 aliphatic heterocycles. The number of hydrazine groups is 1. The SMILES string of the molecule is O=C1NN(c2ccccc2)C(=O)/C1=C/c1ccc(-c2ccc(OC(F)(F)F)cc2)o1. The third kappa shape index (κ3) is 4.04. The first kappa shape index (κ1) is 19.3. The average Bonchev–Trinajstić information content (AvgIpc) is 3.28. The Morgan fingerprint density at radius 3 is 2.30 bits per heavy atom. The van der Waals surface area contributed by atoms with E-state index in [4.69, 9.17) is 4.42 Å². The Bertz CT molecular complexity index is 1120. The van der Waals surface area contributed by atoms with Crippen LogP contribution < -0.4 is 15.2 Å². The van der Waals surface area contributed by atoms with Gasteiger partial charge in [0.05, 0.1) is 5.69 Å². The second-order valence-electron chi connectivity index (χ2n) is 6.25. The lowest BCUT2D eigenvalue weighted by molar-refractivity contribution is -0.274. The van der Waals surface area contributed by atoms with Gasteiger partial charge in [-0.1, -0.05) is 18.2 Å². The van der Waals surface area contributed by atoms with E-state index in [0.717, 1.165) is 17.1 Å². The maximum absolute atomic E-state index is 12.6. The topological polar surface area (TPSA) is 71.8 Å². The fraction of sp³-hybridized carbons (Fsp3) is 0.0476. The number of benzene rings is 2. The summed E-state index contributed by atoms with van der Waals surface area (Å²) in [6.07, 6.45) is -3.46. The summed E-state index contributed by atoms with van der Waals surface area (Å²) in [4.78, 5) is 24.8. The van der Waals surface area contributed by atoms with Gasteiger partial charge in [0.15, 0.2) is 0 Å². The molecule has 0 spiro atoms. The molecule has 0 radical (unpaired) electrons. The van der Waals surface area contributed by atoms with Crippen molar-refractivity contribution >= 4 is 23.6 Å². The van der Waals surface area contributed by atoms with Crippen molar-refractivity contribution in [3.63, 3.8) is 0 Å². The van der Waals surface area contributed by atoms with Crippen molar-refractivity contribution in [3.05, 3.63) is 78.1 Å². The van der Waals surface area contributed by atoms with Crippen molar-refractivity contribution < 1.29 is 31.9 Å². The number of carbonyl (C=O) groups excluding carboxylic acids is 2. The van der Waals surface area contributed by atoms with Gasteiger partial charge in [-0.2, -0.15) is 0 Å². The van der Waals surface area contributed by atoms with Gasteiger partial charge in [-0.15, -0.1) is 13.2 Å². The molecule has 0 atom stereocenters. The van der Waals surface area contributed by atoms with Crippen LogP contribution in [0, 0.1) is 0 Å². The fourth-order valence-corrected chi connectivity index (χ4v) is 2.86. The predicted octanol–water partition coefficient (Wildman–Crippen LogP) is 4.31. The van der Waals surface area contributed by atoms with Gasteiger partial charge >= 0.3 is 6.36 Å². The molecule has 2 aromatic carbocycles. The summed E-state index contributed by atoms with van der Waals surface area (Å²) in [5, 5.41) is 1.14. The molecule has 1 fully saturated rings. The third-order valence-electron chi connectivity index (χ3n) is 4.19. The number of rotatable bonds is 4. The van der Waals surface area contributed by atoms with Crippen molar-refractivity contribution in [2.45, 2.75) is 6.36 Å². The van der Waals surface area contributed by atoms with Gasteiger partial charge < -0.3 is 9.15 Å². The molecule has 6 nitrogen and oxygen atoms in total. The Hall–Kier alpha value is -4.01. The molecular weight excluding hydrogens is 401 g/mol. The first-order valence-corrected chi connectivity index (χ1v) is 8.68. The molecule has 0 unspecified atom stereocenters. The fourth-order valence-electron chi connectivity index (χ4n) is 2.86. The van der Waals surface area contributed by atoms with Gasteiger partial charge in [0.1, 0.15) is 22.8 Å². The zero-order valence-corrected chi connectivity index (χ0v) is 15.1. The molecule has 0 bridgehead atoms. The molecule has 1 N–H and O–H groups in total. The minimum absolute atomic E-state index is 0.103. The van der Waals surface area contributed by atoms with Crippen molar-refractivity contribution in [1.82, 2.24) is 5.43 Å². The van der Waals surface area contributed by atoms with Crippen LogP contribution >= 0.6 is 0 Å². The number of nitrogens with zero attached hydrogens (tertiary/aromatic N) is 1. The number of halogens is 3. The Morgan fingerprint density at radius 2 is 1.63 bits per heavy atom. The highest BCUT2D eigenvalue weighted by molar-refractivity contribution is 6.31. The van der Waals surface area contributed by atoms with E-state index in [9.17, 15) is 22.8 Å². The Kier molecular flexibility index (Phi) is 4.78. The lowest BCUT2D eigenvalue weighted by atomic mass is 10.2. The molecule has 2 amide bonds. The smallest absolute Gasteiger partial charge is 0.457 e. The Balaban J connectivity index is 1.53. The minimum Gasteiger partial charge on any atom is -0.457 e. The summed E-state index contributed by atoms with van der Waals surface area (Å²) in [7, 11) is 0. The molecule has 30 heavy (non-hydrogen) atoms. The monoisotopic (exact) mass is 414 g/mol. The summed E-state index contributed by atoms with van der Waals surface area (Å²) in [5.41, 5.74) is 3.40. The summed E-state index contributed by atoms with van der Waals surface area (Å²) < 4.78 is 46.2. The third-order valence-corrected chi connectivity index (χ3v) is 4.19. The zero-order valence-electron chi connectivity index (χ0n) is 15.1. The second-order valence-corrected chi connectivity index (χ2v) is 6.25. The van der Waals surface area contributed by atoms with Crippen LogP contribution in [0.5, 0.6) is 5.75 Å². The molecule has 4 rings (SSSR count). The molecule has 1 saturated heterocycles. The van der Waals surface area contributed by atoms with Gasteiger partial charge in [-0.3, -0.25) is 15.0 Å². The molecule has 1 aliphatic rings. The van der Waals surface area contributed by atoms with Crippen LogP contribution in [0.4, 0.5) is 18.9 Å². The van der Waals surface area contributed by atoms with Gasteiger partial charge in [0.2, 0.25) is 0 Å². The highest BCUT2D eigenvalue weighted by Gasteiger charge is 2.34. The number of nitrogens with one attached hydrogen (secondary N) is 1. The number of anilines is 1. The zero-order chi connectivity index (χ0) is 21.3. The number of para-hydroxylation sites is 1. The molecule has 9 heteroatoms. The number of amides is 2. The highest BCUT2D eigenvalue weighted by atomic mass is 19.4. The number of alkyl halides is 3. The van der Waals surface area contributed by atoms with Crippen molar-refractivity contribution in [2.75, 3.05) is 5.01 Å². The average molecular weight is 414 g/mol. The van der Waals surface area contributed by atoms with Crippen LogP contribution in [-0.2, 0) is 9.59 Å². The first-order valence-electron chi connectivity index (χ1n) is 8.68. The van der Waals surface area contributed by atoms with E-state index in [1.54, 1.807) is 42.5 Å². The first-order chi connectivity index (χ1) is 14.3. The molecule has 1 aromatic heterocycles. The van der Waals surface area contributed by atoms with Crippen LogP contribution in [0.25, 0.3) is 17.4 Å². The van der Waals surface area contributed by atoms with Crippen molar-refractivity contribution in [1.29, 1.82) is 0 Å². The van der Waals surface area contributed by atoms with Gasteiger partial charge in [-0.05, 0) is 54.6 Å². The molecule has 3 aromatic rings. The maximum atomic E-state index is 12.6. The molecule has 0 saturated carbocycles. The molecule has 152 valence electrons. The lowest BCUT2D eigenvalue weighted by Crippen LogP contribution is -2.35. The van der Waals surface area contributed by atoms with Crippen LogP contribution in [0.2, 0.25) is 0 Å². The van der Waals surface area contributed by atoms with Gasteiger partial charge in [0.25, 0.3) is 11.8 Å². The van der Waals surface area contributed by atoms with E-state index in [1.807, 2.05) is 0 Å². The van der Waals surface area contributed by atoms with Crippen LogP contribution in [0.15, 0.2) is 76.7 Å². The van der Waals surface area contributed by atoms with Crippen LogP contribution in [-0.4, -0.2) is 18.2 Å². The summed E-state index contributed by atoms with van der Waals surface area (Å²) in [6.45, 7) is 0. The van der Waals surface area contributed by atoms with Crippen molar-refractivity contribution in [3.8, 4) is 17.1 Å². The summed E-state index contributed by atoms with van der Waals surface area (Å²) >= 11 is 0. The summed E-state index contributed by atoms with van der Waals surface area (Å²) in [6, 6.07) is 16.9. The normalized spacial score (nSPS) is 15.6. The van der Waals surface area contributed by atoms with E-state index >= 15 is 0 Å². The van der Waals surface area contributed by atoms with Gasteiger partial charge in [-0.25, -0.2) is 5.01 Å². The quantitative estimate of drug-likeness (QED) is 0.510. The molecular formula is C21H13F3N2O4. The van der Waals surface area contributed by atoms with E-state index in [0.29, 0.717) is 17.0 Å². The predicted molar refractivity (Wildman–Crippen MR) is 101 cm³/mol. The van der Waals surface area contributed by atoms with E-state index < -0.39 is 18.2 Å². The van der Waals surface area contributed by atoms with Crippen molar-refractivity contribution in [2.24, 2.45) is 0 Å². The Labute approximate surface area is 168 Å². The number of hydrogen-bond donors (Lipinski definition) is 1. The largest absolute Gasteiger partial charge is 0.573 e. The maximum Gasteiger partial charge on any atom is 0.573 e. The standard InChI is InChI=1S/C21H13F3N2O4/c22-21(23,24)30-15-8-6-13(7-9-15)18-11-10-16(29-18)12-17-19(27)25-26(20(17)28)14-4-2-1-3-5-14/h1-12H,(H,25,27)/b17-12+. The summed E-state index contributed by atoms with van der Waals surface area (Å²) in [5.74, 6) is -0.858. The molecule has 2 heterocycles. The van der Waals surface area contributed by atoms with Gasteiger partial charge in [0, 0.05) is 5.56 Å². The minimum atomic E-state index is -4.77. The van der Waals surface area contributed by atoms with E-state index in [2.05, 4.69) is 10.2 Å². The number of furan rings is 1. The van der Waals surface area contributed by atoms with E-state index in [1.165, 1.54) is 18.2 Å². The van der Waals surface area contributed by atoms with Crippen LogP contribution in [0.1, 0.15) is 5.76 Å². The number of carbonyl (C=O) groups is 2. The lowest BCUT2D eigenvalue weighted by Gasteiger charge is -2.13. The number of hydrogen-bond acceptors (Lipinski definition) is 4. The second kappa shape index (κ2) is 7.43.